The average molecular weight is 231 g/mol. The summed E-state index contributed by atoms with van der Waals surface area (Å²) in [5.74, 6) is 0.613. The lowest BCUT2D eigenvalue weighted by molar-refractivity contribution is 0.689. The standard InChI is InChI=1S/C13H17N3O/c1-10(2)9-15-11-3-5-12(6-4-11)16-8-7-14-13(16)17/h3-8,10,15H,9H2,1-2H3,(H,14,17). The number of anilines is 1. The highest BCUT2D eigenvalue weighted by molar-refractivity contribution is 5.48. The molecule has 0 saturated heterocycles. The number of imidazole rings is 1. The molecule has 90 valence electrons. The molecule has 4 heteroatoms. The van der Waals surface area contributed by atoms with Gasteiger partial charge in [0.1, 0.15) is 0 Å². The summed E-state index contributed by atoms with van der Waals surface area (Å²) in [6.07, 6.45) is 3.35. The molecule has 0 spiro atoms. The number of nitrogens with zero attached hydrogens (tertiary/aromatic N) is 1. The summed E-state index contributed by atoms with van der Waals surface area (Å²) in [5.41, 5.74) is 1.82. The quantitative estimate of drug-likeness (QED) is 0.847. The highest BCUT2D eigenvalue weighted by atomic mass is 16.1. The lowest BCUT2D eigenvalue weighted by Crippen LogP contribution is -2.14. The van der Waals surface area contributed by atoms with Crippen molar-refractivity contribution >= 4 is 5.69 Å². The van der Waals surface area contributed by atoms with Gasteiger partial charge in [-0.15, -0.1) is 0 Å². The zero-order valence-corrected chi connectivity index (χ0v) is 10.1. The molecule has 0 bridgehead atoms. The molecule has 17 heavy (non-hydrogen) atoms. The predicted octanol–water partition coefficient (Wildman–Crippen LogP) is 2.23. The Kier molecular flexibility index (Phi) is 3.32. The SMILES string of the molecule is CC(C)CNc1ccc(-n2cc[nH]c2=O)cc1. The molecule has 0 amide bonds. The molecule has 0 saturated carbocycles. The molecule has 0 unspecified atom stereocenters. The Bertz CT molecular complexity index is 522. The fourth-order valence-electron chi connectivity index (χ4n) is 1.59. The van der Waals surface area contributed by atoms with Gasteiger partial charge in [-0.05, 0) is 30.2 Å². The maximum Gasteiger partial charge on any atom is 0.330 e. The van der Waals surface area contributed by atoms with Gasteiger partial charge in [-0.25, -0.2) is 4.79 Å². The number of benzene rings is 1. The second-order valence-corrected chi connectivity index (χ2v) is 4.46. The minimum absolute atomic E-state index is 0.118. The molecule has 0 aliphatic heterocycles. The molecule has 2 aromatic rings. The van der Waals surface area contributed by atoms with Crippen molar-refractivity contribution in [1.82, 2.24) is 9.55 Å². The molecule has 2 N–H and O–H groups in total. The van der Waals surface area contributed by atoms with E-state index in [0.29, 0.717) is 5.92 Å². The van der Waals surface area contributed by atoms with Crippen LogP contribution in [0.5, 0.6) is 0 Å². The maximum atomic E-state index is 11.4. The maximum absolute atomic E-state index is 11.4. The van der Waals surface area contributed by atoms with Crippen LogP contribution in [0.4, 0.5) is 5.69 Å². The van der Waals surface area contributed by atoms with Gasteiger partial charge < -0.3 is 10.3 Å². The second-order valence-electron chi connectivity index (χ2n) is 4.46. The van der Waals surface area contributed by atoms with Crippen LogP contribution in [0.25, 0.3) is 5.69 Å². The van der Waals surface area contributed by atoms with E-state index in [9.17, 15) is 4.79 Å². The number of aromatic nitrogens is 2. The Balaban J connectivity index is 2.13. The molecule has 1 heterocycles. The Labute approximate surface area is 100 Å². The van der Waals surface area contributed by atoms with Crippen LogP contribution in [-0.2, 0) is 0 Å². The molecule has 1 aromatic heterocycles. The van der Waals surface area contributed by atoms with Crippen LogP contribution in [-0.4, -0.2) is 16.1 Å². The number of rotatable bonds is 4. The smallest absolute Gasteiger partial charge is 0.330 e. The zero-order chi connectivity index (χ0) is 12.3. The van der Waals surface area contributed by atoms with Gasteiger partial charge in [0.25, 0.3) is 0 Å². The van der Waals surface area contributed by atoms with Crippen molar-refractivity contribution in [3.63, 3.8) is 0 Å². The molecule has 1 aromatic carbocycles. The third-order valence-corrected chi connectivity index (χ3v) is 2.51. The first-order chi connectivity index (χ1) is 8.16. The summed E-state index contributed by atoms with van der Waals surface area (Å²) in [6.45, 7) is 5.28. The Morgan fingerprint density at radius 1 is 1.29 bits per heavy atom. The van der Waals surface area contributed by atoms with Crippen molar-refractivity contribution < 1.29 is 0 Å². The number of hydrogen-bond donors (Lipinski definition) is 2. The van der Waals surface area contributed by atoms with E-state index in [1.807, 2.05) is 24.3 Å². The van der Waals surface area contributed by atoms with Crippen molar-refractivity contribution in [2.45, 2.75) is 13.8 Å². The first-order valence-electron chi connectivity index (χ1n) is 5.77. The highest BCUT2D eigenvalue weighted by Gasteiger charge is 2.00. The molecular weight excluding hydrogens is 214 g/mol. The summed E-state index contributed by atoms with van der Waals surface area (Å²) in [6, 6.07) is 7.82. The Hall–Kier alpha value is -1.97. The first-order valence-corrected chi connectivity index (χ1v) is 5.77. The summed E-state index contributed by atoms with van der Waals surface area (Å²) >= 11 is 0. The van der Waals surface area contributed by atoms with Crippen molar-refractivity contribution in [2.24, 2.45) is 5.92 Å². The van der Waals surface area contributed by atoms with E-state index < -0.39 is 0 Å². The molecule has 2 rings (SSSR count). The lowest BCUT2D eigenvalue weighted by atomic mass is 10.2. The van der Waals surface area contributed by atoms with Crippen molar-refractivity contribution in [2.75, 3.05) is 11.9 Å². The molecule has 0 fully saturated rings. The molecular formula is C13H17N3O. The molecule has 0 aliphatic rings. The van der Waals surface area contributed by atoms with Crippen molar-refractivity contribution in [3.05, 3.63) is 47.1 Å². The third kappa shape index (κ3) is 2.78. The van der Waals surface area contributed by atoms with Gasteiger partial charge >= 0.3 is 5.69 Å². The summed E-state index contributed by atoms with van der Waals surface area (Å²) in [4.78, 5) is 14.0. The van der Waals surface area contributed by atoms with Crippen LogP contribution in [0.1, 0.15) is 13.8 Å². The van der Waals surface area contributed by atoms with Gasteiger partial charge in [0.05, 0.1) is 5.69 Å². The number of aromatic amines is 1. The summed E-state index contributed by atoms with van der Waals surface area (Å²) in [5, 5.41) is 3.34. The van der Waals surface area contributed by atoms with Gasteiger partial charge in [0.2, 0.25) is 0 Å². The van der Waals surface area contributed by atoms with E-state index in [1.165, 1.54) is 0 Å². The van der Waals surface area contributed by atoms with Gasteiger partial charge in [-0.3, -0.25) is 4.57 Å². The normalized spacial score (nSPS) is 10.8. The highest BCUT2D eigenvalue weighted by Crippen LogP contribution is 2.12. The van der Waals surface area contributed by atoms with Gasteiger partial charge in [0.15, 0.2) is 0 Å². The molecule has 0 radical (unpaired) electrons. The molecule has 4 nitrogen and oxygen atoms in total. The summed E-state index contributed by atoms with van der Waals surface area (Å²) < 4.78 is 1.58. The Morgan fingerprint density at radius 3 is 2.53 bits per heavy atom. The summed E-state index contributed by atoms with van der Waals surface area (Å²) in [7, 11) is 0. The molecule has 0 aliphatic carbocycles. The second kappa shape index (κ2) is 4.91. The van der Waals surface area contributed by atoms with Crippen molar-refractivity contribution in [1.29, 1.82) is 0 Å². The van der Waals surface area contributed by atoms with E-state index >= 15 is 0 Å². The van der Waals surface area contributed by atoms with Gasteiger partial charge in [0, 0.05) is 24.6 Å². The van der Waals surface area contributed by atoms with Gasteiger partial charge in [-0.2, -0.15) is 0 Å². The lowest BCUT2D eigenvalue weighted by Gasteiger charge is -2.09. The number of hydrogen-bond acceptors (Lipinski definition) is 2. The predicted molar refractivity (Wildman–Crippen MR) is 69.7 cm³/mol. The average Bonchev–Trinajstić information content (AvgIpc) is 2.73. The minimum atomic E-state index is -0.118. The topological polar surface area (TPSA) is 49.8 Å². The molecule has 0 atom stereocenters. The monoisotopic (exact) mass is 231 g/mol. The number of H-pyrrole nitrogens is 1. The third-order valence-electron chi connectivity index (χ3n) is 2.51. The van der Waals surface area contributed by atoms with Crippen LogP contribution in [0.15, 0.2) is 41.5 Å². The fraction of sp³-hybridized carbons (Fsp3) is 0.308. The van der Waals surface area contributed by atoms with Crippen LogP contribution in [0, 0.1) is 5.92 Å². The largest absolute Gasteiger partial charge is 0.385 e. The zero-order valence-electron chi connectivity index (χ0n) is 10.1. The van der Waals surface area contributed by atoms with Crippen molar-refractivity contribution in [3.8, 4) is 5.69 Å². The van der Waals surface area contributed by atoms with E-state index in [0.717, 1.165) is 17.9 Å². The van der Waals surface area contributed by atoms with E-state index in [4.69, 9.17) is 0 Å². The van der Waals surface area contributed by atoms with Crippen LogP contribution >= 0.6 is 0 Å². The van der Waals surface area contributed by atoms with E-state index in [1.54, 1.807) is 17.0 Å². The van der Waals surface area contributed by atoms with Crippen LogP contribution < -0.4 is 11.0 Å². The Morgan fingerprint density at radius 2 is 2.00 bits per heavy atom. The fourth-order valence-corrected chi connectivity index (χ4v) is 1.59. The van der Waals surface area contributed by atoms with Gasteiger partial charge in [-0.1, -0.05) is 13.8 Å². The van der Waals surface area contributed by atoms with E-state index in [2.05, 4.69) is 24.1 Å². The van der Waals surface area contributed by atoms with Crippen LogP contribution in [0.3, 0.4) is 0 Å². The number of nitrogens with one attached hydrogen (secondary N) is 2. The first kappa shape index (κ1) is 11.5. The van der Waals surface area contributed by atoms with Crippen LogP contribution in [0.2, 0.25) is 0 Å². The van der Waals surface area contributed by atoms with E-state index in [-0.39, 0.29) is 5.69 Å². The minimum Gasteiger partial charge on any atom is -0.385 e.